The second-order valence-corrected chi connectivity index (χ2v) is 6.46. The van der Waals surface area contributed by atoms with E-state index in [9.17, 15) is 0 Å². The molecule has 2 fully saturated rings. The molecule has 0 radical (unpaired) electrons. The molecule has 0 amide bonds. The summed E-state index contributed by atoms with van der Waals surface area (Å²) in [6, 6.07) is 1.71. The van der Waals surface area contributed by atoms with E-state index in [0.717, 1.165) is 12.1 Å². The molecule has 0 aromatic heterocycles. The Morgan fingerprint density at radius 3 is 2.75 bits per heavy atom. The Labute approximate surface area is 105 Å². The third-order valence-electron chi connectivity index (χ3n) is 3.66. The molecule has 0 aromatic carbocycles. The van der Waals surface area contributed by atoms with Crippen molar-refractivity contribution < 1.29 is 0 Å². The minimum atomic E-state index is 0.779. The van der Waals surface area contributed by atoms with Crippen LogP contribution in [0.3, 0.4) is 0 Å². The molecule has 1 saturated heterocycles. The highest BCUT2D eigenvalue weighted by atomic mass is 32.2. The molecule has 1 unspecified atom stereocenters. The molecule has 2 nitrogen and oxygen atoms in total. The number of hydrogen-bond donors (Lipinski definition) is 1. The van der Waals surface area contributed by atoms with Gasteiger partial charge in [-0.2, -0.15) is 11.8 Å². The van der Waals surface area contributed by atoms with Crippen LogP contribution in [0.2, 0.25) is 0 Å². The second-order valence-electron chi connectivity index (χ2n) is 5.07. The Morgan fingerprint density at radius 2 is 2.12 bits per heavy atom. The van der Waals surface area contributed by atoms with Gasteiger partial charge in [0.15, 0.2) is 0 Å². The van der Waals surface area contributed by atoms with Gasteiger partial charge in [0, 0.05) is 30.9 Å². The van der Waals surface area contributed by atoms with Gasteiger partial charge < -0.3 is 5.32 Å². The molecule has 2 aliphatic rings. The molecule has 1 aliphatic carbocycles. The molecule has 1 saturated carbocycles. The van der Waals surface area contributed by atoms with Gasteiger partial charge in [0.05, 0.1) is 0 Å². The smallest absolute Gasteiger partial charge is 0.0195 e. The maximum absolute atomic E-state index is 3.67. The van der Waals surface area contributed by atoms with Crippen molar-refractivity contribution in [3.8, 4) is 0 Å². The Hall–Kier alpha value is 0.270. The van der Waals surface area contributed by atoms with Crippen LogP contribution in [0.15, 0.2) is 0 Å². The molecule has 1 atom stereocenters. The minimum absolute atomic E-state index is 0.779. The van der Waals surface area contributed by atoms with Crippen LogP contribution in [0.25, 0.3) is 0 Å². The van der Waals surface area contributed by atoms with Crippen molar-refractivity contribution in [2.45, 2.75) is 51.1 Å². The maximum atomic E-state index is 3.67. The second kappa shape index (κ2) is 6.87. The molecule has 2 rings (SSSR count). The first-order valence-electron chi connectivity index (χ1n) is 6.95. The molecule has 0 aromatic rings. The van der Waals surface area contributed by atoms with Crippen LogP contribution >= 0.6 is 11.8 Å². The molecule has 16 heavy (non-hydrogen) atoms. The van der Waals surface area contributed by atoms with E-state index in [1.165, 1.54) is 63.2 Å². The van der Waals surface area contributed by atoms with Crippen LogP contribution in [-0.4, -0.2) is 48.1 Å². The minimum Gasteiger partial charge on any atom is -0.313 e. The van der Waals surface area contributed by atoms with Gasteiger partial charge in [0.2, 0.25) is 0 Å². The van der Waals surface area contributed by atoms with E-state index >= 15 is 0 Å². The average Bonchev–Trinajstić information content (AvgIpc) is 3.13. The monoisotopic (exact) mass is 242 g/mol. The largest absolute Gasteiger partial charge is 0.313 e. The predicted molar refractivity (Wildman–Crippen MR) is 73.2 cm³/mol. The van der Waals surface area contributed by atoms with Crippen LogP contribution in [-0.2, 0) is 0 Å². The quantitative estimate of drug-likeness (QED) is 0.690. The fourth-order valence-electron chi connectivity index (χ4n) is 2.55. The van der Waals surface area contributed by atoms with Crippen molar-refractivity contribution in [3.63, 3.8) is 0 Å². The summed E-state index contributed by atoms with van der Waals surface area (Å²) in [4.78, 5) is 2.74. The zero-order chi connectivity index (χ0) is 11.2. The van der Waals surface area contributed by atoms with Crippen molar-refractivity contribution in [3.05, 3.63) is 0 Å². The zero-order valence-electron chi connectivity index (χ0n) is 10.6. The van der Waals surface area contributed by atoms with Gasteiger partial charge in [-0.15, -0.1) is 0 Å². The lowest BCUT2D eigenvalue weighted by atomic mass is 10.0. The lowest BCUT2D eigenvalue weighted by molar-refractivity contribution is 0.227. The normalized spacial score (nSPS) is 26.2. The standard InChI is InChI=1S/C13H26N2S/c1-2-16-10-9-15(13-6-7-13)11-12-5-3-4-8-14-12/h12-14H,2-11H2,1H3. The SMILES string of the molecule is CCSCCN(CC1CCCCN1)C1CC1. The third-order valence-corrected chi connectivity index (χ3v) is 4.54. The first-order valence-corrected chi connectivity index (χ1v) is 8.11. The topological polar surface area (TPSA) is 15.3 Å². The molecule has 94 valence electrons. The van der Waals surface area contributed by atoms with Crippen LogP contribution in [0, 0.1) is 0 Å². The summed E-state index contributed by atoms with van der Waals surface area (Å²) in [6.07, 6.45) is 7.10. The van der Waals surface area contributed by atoms with Crippen LogP contribution < -0.4 is 5.32 Å². The van der Waals surface area contributed by atoms with E-state index in [-0.39, 0.29) is 0 Å². The summed E-state index contributed by atoms with van der Waals surface area (Å²) >= 11 is 2.08. The molecular formula is C13H26N2S. The fraction of sp³-hybridized carbons (Fsp3) is 1.00. The number of nitrogens with zero attached hydrogens (tertiary/aromatic N) is 1. The van der Waals surface area contributed by atoms with Crippen molar-refractivity contribution in [2.24, 2.45) is 0 Å². The fourth-order valence-corrected chi connectivity index (χ4v) is 3.20. The number of rotatable bonds is 7. The van der Waals surface area contributed by atoms with Gasteiger partial charge in [-0.3, -0.25) is 4.90 Å². The van der Waals surface area contributed by atoms with Gasteiger partial charge in [0.1, 0.15) is 0 Å². The third kappa shape index (κ3) is 4.27. The first-order chi connectivity index (χ1) is 7.90. The maximum Gasteiger partial charge on any atom is 0.0195 e. The van der Waals surface area contributed by atoms with Crippen LogP contribution in [0.5, 0.6) is 0 Å². The van der Waals surface area contributed by atoms with E-state index < -0.39 is 0 Å². The highest BCUT2D eigenvalue weighted by molar-refractivity contribution is 7.99. The number of piperidine rings is 1. The van der Waals surface area contributed by atoms with E-state index in [2.05, 4.69) is 28.9 Å². The average molecular weight is 242 g/mol. The molecular weight excluding hydrogens is 216 g/mol. The molecule has 0 bridgehead atoms. The van der Waals surface area contributed by atoms with Crippen LogP contribution in [0.1, 0.15) is 39.0 Å². The van der Waals surface area contributed by atoms with Gasteiger partial charge in [-0.25, -0.2) is 0 Å². The first kappa shape index (κ1) is 12.7. The van der Waals surface area contributed by atoms with E-state index in [1.807, 2.05) is 0 Å². The summed E-state index contributed by atoms with van der Waals surface area (Å²) in [5.74, 6) is 2.58. The van der Waals surface area contributed by atoms with Crippen molar-refractivity contribution >= 4 is 11.8 Å². The number of hydrogen-bond acceptors (Lipinski definition) is 3. The lowest BCUT2D eigenvalue weighted by Crippen LogP contribution is -2.45. The Balaban J connectivity index is 1.68. The number of nitrogens with one attached hydrogen (secondary N) is 1. The predicted octanol–water partition coefficient (Wildman–Crippen LogP) is 2.35. The molecule has 3 heteroatoms. The number of thioether (sulfide) groups is 1. The van der Waals surface area contributed by atoms with Gasteiger partial charge >= 0.3 is 0 Å². The highest BCUT2D eigenvalue weighted by Gasteiger charge is 2.30. The van der Waals surface area contributed by atoms with Gasteiger partial charge in [0.25, 0.3) is 0 Å². The lowest BCUT2D eigenvalue weighted by Gasteiger charge is -2.30. The molecule has 1 aliphatic heterocycles. The van der Waals surface area contributed by atoms with Gasteiger partial charge in [-0.05, 0) is 38.0 Å². The van der Waals surface area contributed by atoms with E-state index in [4.69, 9.17) is 0 Å². The summed E-state index contributed by atoms with van der Waals surface area (Å²) < 4.78 is 0. The van der Waals surface area contributed by atoms with Crippen molar-refractivity contribution in [2.75, 3.05) is 31.1 Å². The highest BCUT2D eigenvalue weighted by Crippen LogP contribution is 2.27. The summed E-state index contributed by atoms with van der Waals surface area (Å²) in [7, 11) is 0. The van der Waals surface area contributed by atoms with Gasteiger partial charge in [-0.1, -0.05) is 13.3 Å². The molecule has 0 spiro atoms. The zero-order valence-corrected chi connectivity index (χ0v) is 11.4. The molecule has 1 heterocycles. The summed E-state index contributed by atoms with van der Waals surface area (Å²) in [5, 5.41) is 3.67. The Bertz CT molecular complexity index is 188. The van der Waals surface area contributed by atoms with E-state index in [0.29, 0.717) is 0 Å². The Kier molecular flexibility index (Phi) is 5.46. The molecule has 1 N–H and O–H groups in total. The van der Waals surface area contributed by atoms with Crippen molar-refractivity contribution in [1.82, 2.24) is 10.2 Å². The summed E-state index contributed by atoms with van der Waals surface area (Å²) in [5.41, 5.74) is 0. The van der Waals surface area contributed by atoms with Crippen LogP contribution in [0.4, 0.5) is 0 Å². The van der Waals surface area contributed by atoms with E-state index in [1.54, 1.807) is 0 Å². The summed E-state index contributed by atoms with van der Waals surface area (Å²) in [6.45, 7) is 6.11. The van der Waals surface area contributed by atoms with Crippen molar-refractivity contribution in [1.29, 1.82) is 0 Å². The Morgan fingerprint density at radius 1 is 1.25 bits per heavy atom.